The minimum atomic E-state index is 0.229. The minimum absolute atomic E-state index is 0.229. The van der Waals surface area contributed by atoms with E-state index in [0.29, 0.717) is 25.6 Å². The van der Waals surface area contributed by atoms with E-state index in [9.17, 15) is 4.79 Å². The number of carbonyl (C=O) groups is 1. The molecule has 1 amide bonds. The highest BCUT2D eigenvalue weighted by atomic mass is 16.5. The van der Waals surface area contributed by atoms with Crippen LogP contribution in [0.1, 0.15) is 38.2 Å². The maximum Gasteiger partial charge on any atom is 0.224 e. The second kappa shape index (κ2) is 10.0. The summed E-state index contributed by atoms with van der Waals surface area (Å²) < 4.78 is 5.41. The van der Waals surface area contributed by atoms with Crippen molar-refractivity contribution >= 4 is 11.9 Å². The van der Waals surface area contributed by atoms with E-state index in [0.717, 1.165) is 36.7 Å². The van der Waals surface area contributed by atoms with Gasteiger partial charge >= 0.3 is 0 Å². The molecule has 1 aliphatic rings. The highest BCUT2D eigenvalue weighted by molar-refractivity contribution is 5.81. The Morgan fingerprint density at radius 2 is 2.15 bits per heavy atom. The molecule has 1 saturated heterocycles. The number of nitrogens with zero attached hydrogens (tertiary/aromatic N) is 3. The average Bonchev–Trinajstić information content (AvgIpc) is 2.65. The van der Waals surface area contributed by atoms with Crippen molar-refractivity contribution in [3.05, 3.63) is 29.8 Å². The fraction of sp³-hybridized carbons (Fsp3) is 0.600. The average molecular weight is 361 g/mol. The molecule has 0 spiro atoms. The van der Waals surface area contributed by atoms with E-state index in [1.165, 1.54) is 6.42 Å². The molecule has 1 N–H and O–H groups in total. The molecule has 1 fully saturated rings. The zero-order chi connectivity index (χ0) is 18.9. The molecule has 1 aromatic carbocycles. The first kappa shape index (κ1) is 20.1. The Balaban J connectivity index is 1.84. The smallest absolute Gasteiger partial charge is 0.224 e. The SMILES string of the molecule is CN=C(NCCC(=O)N1CCCCC1C)N(C)Cc1ccccc1OC. The maximum atomic E-state index is 12.4. The molecule has 0 aliphatic carbocycles. The lowest BCUT2D eigenvalue weighted by Gasteiger charge is -2.33. The van der Waals surface area contributed by atoms with Crippen LogP contribution in [0.3, 0.4) is 0 Å². The summed E-state index contributed by atoms with van der Waals surface area (Å²) in [5.41, 5.74) is 1.10. The Bertz CT molecular complexity index is 618. The molecule has 0 aromatic heterocycles. The summed E-state index contributed by atoms with van der Waals surface area (Å²) >= 11 is 0. The summed E-state index contributed by atoms with van der Waals surface area (Å²) in [6.07, 6.45) is 3.95. The minimum Gasteiger partial charge on any atom is -0.496 e. The van der Waals surface area contributed by atoms with Gasteiger partial charge in [-0.1, -0.05) is 18.2 Å². The van der Waals surface area contributed by atoms with E-state index in [2.05, 4.69) is 17.2 Å². The molecule has 0 radical (unpaired) electrons. The number of rotatable bonds is 6. The third kappa shape index (κ3) is 5.38. The number of ether oxygens (including phenoxy) is 1. The van der Waals surface area contributed by atoms with Crippen LogP contribution in [0.25, 0.3) is 0 Å². The topological polar surface area (TPSA) is 57.2 Å². The van der Waals surface area contributed by atoms with Crippen LogP contribution >= 0.6 is 0 Å². The maximum absolute atomic E-state index is 12.4. The van der Waals surface area contributed by atoms with Gasteiger partial charge in [0.1, 0.15) is 5.75 Å². The van der Waals surface area contributed by atoms with Crippen LogP contribution in [-0.4, -0.2) is 62.0 Å². The van der Waals surface area contributed by atoms with Crippen molar-refractivity contribution in [3.8, 4) is 5.75 Å². The van der Waals surface area contributed by atoms with Gasteiger partial charge in [0, 0.05) is 51.8 Å². The molecule has 6 nitrogen and oxygen atoms in total. The highest BCUT2D eigenvalue weighted by Gasteiger charge is 2.22. The van der Waals surface area contributed by atoms with Crippen molar-refractivity contribution in [1.29, 1.82) is 0 Å². The van der Waals surface area contributed by atoms with Crippen LogP contribution in [0.5, 0.6) is 5.75 Å². The largest absolute Gasteiger partial charge is 0.496 e. The summed E-state index contributed by atoms with van der Waals surface area (Å²) in [4.78, 5) is 20.8. The number of benzene rings is 1. The lowest BCUT2D eigenvalue weighted by atomic mass is 10.0. The number of guanidine groups is 1. The molecule has 2 rings (SSSR count). The molecule has 0 bridgehead atoms. The number of aliphatic imine (C=N–C) groups is 1. The van der Waals surface area contributed by atoms with Gasteiger partial charge in [0.2, 0.25) is 5.91 Å². The number of piperidine rings is 1. The van der Waals surface area contributed by atoms with Gasteiger partial charge in [0.15, 0.2) is 5.96 Å². The molecule has 1 aromatic rings. The number of para-hydroxylation sites is 1. The van der Waals surface area contributed by atoms with Gasteiger partial charge < -0.3 is 19.9 Å². The Kier molecular flexibility index (Phi) is 7.75. The number of nitrogens with one attached hydrogen (secondary N) is 1. The summed E-state index contributed by atoms with van der Waals surface area (Å²) in [7, 11) is 5.42. The lowest BCUT2D eigenvalue weighted by Crippen LogP contribution is -2.44. The number of hydrogen-bond acceptors (Lipinski definition) is 3. The predicted molar refractivity (Wildman–Crippen MR) is 105 cm³/mol. The molecule has 26 heavy (non-hydrogen) atoms. The van der Waals surface area contributed by atoms with E-state index in [1.54, 1.807) is 14.2 Å². The first-order chi connectivity index (χ1) is 12.6. The quantitative estimate of drug-likeness (QED) is 0.625. The molecular weight excluding hydrogens is 328 g/mol. The Morgan fingerprint density at radius 3 is 2.85 bits per heavy atom. The fourth-order valence-electron chi connectivity index (χ4n) is 3.44. The molecule has 1 heterocycles. The third-order valence-electron chi connectivity index (χ3n) is 4.92. The molecule has 6 heteroatoms. The number of likely N-dealkylation sites (tertiary alicyclic amines) is 1. The van der Waals surface area contributed by atoms with Gasteiger partial charge in [0.25, 0.3) is 0 Å². The van der Waals surface area contributed by atoms with E-state index in [1.807, 2.05) is 41.1 Å². The number of methoxy groups -OCH3 is 1. The third-order valence-corrected chi connectivity index (χ3v) is 4.92. The summed E-state index contributed by atoms with van der Waals surface area (Å²) in [5.74, 6) is 1.87. The zero-order valence-corrected chi connectivity index (χ0v) is 16.5. The van der Waals surface area contributed by atoms with Crippen molar-refractivity contribution in [2.75, 3.05) is 34.3 Å². The van der Waals surface area contributed by atoms with Crippen LogP contribution in [0.2, 0.25) is 0 Å². The Hall–Kier alpha value is -2.24. The standard InChI is InChI=1S/C20H32N4O2/c1-16-9-7-8-14-24(16)19(25)12-13-22-20(21-2)23(3)15-17-10-5-6-11-18(17)26-4/h5-6,10-11,16H,7-9,12-15H2,1-4H3,(H,21,22). The van der Waals surface area contributed by atoms with Crippen LogP contribution < -0.4 is 10.1 Å². The number of carbonyl (C=O) groups excluding carboxylic acids is 1. The van der Waals surface area contributed by atoms with Gasteiger partial charge in [-0.2, -0.15) is 0 Å². The second-order valence-corrected chi connectivity index (χ2v) is 6.82. The predicted octanol–water partition coefficient (Wildman–Crippen LogP) is 2.49. The zero-order valence-electron chi connectivity index (χ0n) is 16.5. The summed E-state index contributed by atoms with van der Waals surface area (Å²) in [6.45, 7) is 4.30. The normalized spacial score (nSPS) is 17.8. The van der Waals surface area contributed by atoms with Crippen LogP contribution in [0.15, 0.2) is 29.3 Å². The highest BCUT2D eigenvalue weighted by Crippen LogP contribution is 2.19. The van der Waals surface area contributed by atoms with E-state index < -0.39 is 0 Å². The Morgan fingerprint density at radius 1 is 1.38 bits per heavy atom. The van der Waals surface area contributed by atoms with Crippen LogP contribution in [-0.2, 0) is 11.3 Å². The molecule has 1 aliphatic heterocycles. The van der Waals surface area contributed by atoms with E-state index in [-0.39, 0.29) is 5.91 Å². The number of amides is 1. The van der Waals surface area contributed by atoms with E-state index >= 15 is 0 Å². The molecule has 144 valence electrons. The Labute approximate surface area is 157 Å². The lowest BCUT2D eigenvalue weighted by molar-refractivity contribution is -0.134. The molecule has 1 unspecified atom stereocenters. The van der Waals surface area contributed by atoms with E-state index in [4.69, 9.17) is 4.74 Å². The monoisotopic (exact) mass is 360 g/mol. The fourth-order valence-corrected chi connectivity index (χ4v) is 3.44. The molecule has 0 saturated carbocycles. The first-order valence-electron chi connectivity index (χ1n) is 9.40. The van der Waals surface area contributed by atoms with Crippen molar-refractivity contribution < 1.29 is 9.53 Å². The molecular formula is C20H32N4O2. The van der Waals surface area contributed by atoms with Gasteiger partial charge in [-0.25, -0.2) is 0 Å². The van der Waals surface area contributed by atoms with Crippen molar-refractivity contribution in [3.63, 3.8) is 0 Å². The first-order valence-corrected chi connectivity index (χ1v) is 9.40. The number of hydrogen-bond donors (Lipinski definition) is 1. The van der Waals surface area contributed by atoms with Gasteiger partial charge in [0.05, 0.1) is 7.11 Å². The summed E-state index contributed by atoms with van der Waals surface area (Å²) in [5, 5.41) is 3.30. The van der Waals surface area contributed by atoms with Gasteiger partial charge in [-0.05, 0) is 32.3 Å². The molecule has 1 atom stereocenters. The van der Waals surface area contributed by atoms with Crippen molar-refractivity contribution in [2.24, 2.45) is 4.99 Å². The summed E-state index contributed by atoms with van der Waals surface area (Å²) in [6, 6.07) is 8.33. The van der Waals surface area contributed by atoms with Gasteiger partial charge in [-0.3, -0.25) is 9.79 Å². The van der Waals surface area contributed by atoms with Crippen LogP contribution in [0, 0.1) is 0 Å². The second-order valence-electron chi connectivity index (χ2n) is 6.82. The van der Waals surface area contributed by atoms with Crippen molar-refractivity contribution in [1.82, 2.24) is 15.1 Å². The van der Waals surface area contributed by atoms with Gasteiger partial charge in [-0.15, -0.1) is 0 Å². The van der Waals surface area contributed by atoms with Crippen molar-refractivity contribution in [2.45, 2.75) is 45.2 Å². The van der Waals surface area contributed by atoms with Crippen LogP contribution in [0.4, 0.5) is 0 Å².